The Bertz CT molecular complexity index is 778. The van der Waals surface area contributed by atoms with Crippen LogP contribution in [0.25, 0.3) is 12.2 Å². The molecule has 2 aromatic carbocycles. The Morgan fingerprint density at radius 1 is 1.08 bits per heavy atom. The van der Waals surface area contributed by atoms with Crippen LogP contribution in [0, 0.1) is 5.92 Å². The van der Waals surface area contributed by atoms with Gasteiger partial charge < -0.3 is 15.4 Å². The second kappa shape index (κ2) is 9.77. The SMILES string of the molecule is Clc1ccc(/C=C/c2cc(Cl)ccc2OCCNCC2CNC2)c(Br)c1. The van der Waals surface area contributed by atoms with Crippen LogP contribution in [0.15, 0.2) is 40.9 Å². The summed E-state index contributed by atoms with van der Waals surface area (Å²) in [6, 6.07) is 11.4. The maximum Gasteiger partial charge on any atom is 0.126 e. The van der Waals surface area contributed by atoms with Gasteiger partial charge in [0.15, 0.2) is 0 Å². The predicted octanol–water partition coefficient (Wildman–Crippen LogP) is 5.11. The second-order valence-electron chi connectivity index (χ2n) is 6.26. The largest absolute Gasteiger partial charge is 0.492 e. The van der Waals surface area contributed by atoms with Gasteiger partial charge in [-0.15, -0.1) is 0 Å². The van der Waals surface area contributed by atoms with E-state index in [0.717, 1.165) is 53.4 Å². The van der Waals surface area contributed by atoms with E-state index in [1.807, 2.05) is 48.6 Å². The molecule has 0 aromatic heterocycles. The van der Waals surface area contributed by atoms with E-state index < -0.39 is 0 Å². The maximum atomic E-state index is 6.16. The zero-order chi connectivity index (χ0) is 18.4. The van der Waals surface area contributed by atoms with Gasteiger partial charge in [-0.3, -0.25) is 0 Å². The topological polar surface area (TPSA) is 33.3 Å². The average Bonchev–Trinajstić information content (AvgIpc) is 2.57. The van der Waals surface area contributed by atoms with Gasteiger partial charge in [0.25, 0.3) is 0 Å². The lowest BCUT2D eigenvalue weighted by Crippen LogP contribution is -2.47. The molecule has 0 aliphatic carbocycles. The van der Waals surface area contributed by atoms with Crippen LogP contribution in [0.5, 0.6) is 5.75 Å². The molecule has 3 nitrogen and oxygen atoms in total. The number of hydrogen-bond donors (Lipinski definition) is 2. The molecule has 0 spiro atoms. The zero-order valence-electron chi connectivity index (χ0n) is 14.3. The monoisotopic (exact) mass is 454 g/mol. The smallest absolute Gasteiger partial charge is 0.126 e. The minimum absolute atomic E-state index is 0.618. The van der Waals surface area contributed by atoms with Gasteiger partial charge >= 0.3 is 0 Å². The van der Waals surface area contributed by atoms with Gasteiger partial charge in [0.2, 0.25) is 0 Å². The Balaban J connectivity index is 1.60. The van der Waals surface area contributed by atoms with E-state index in [1.54, 1.807) is 0 Å². The Hall–Kier alpha value is -1.04. The van der Waals surface area contributed by atoms with Crippen molar-refractivity contribution in [2.45, 2.75) is 0 Å². The number of hydrogen-bond acceptors (Lipinski definition) is 3. The van der Waals surface area contributed by atoms with E-state index in [-0.39, 0.29) is 0 Å². The fourth-order valence-corrected chi connectivity index (χ4v) is 3.62. The third kappa shape index (κ3) is 5.73. The summed E-state index contributed by atoms with van der Waals surface area (Å²) in [7, 11) is 0. The summed E-state index contributed by atoms with van der Waals surface area (Å²) >= 11 is 15.7. The standard InChI is InChI=1S/C20H21BrCl2N2O/c21-19-10-18(23)4-3-15(19)1-2-16-9-17(22)5-6-20(16)26-8-7-24-11-14-12-25-13-14/h1-6,9-10,14,24-25H,7-8,11-13H2/b2-1+. The number of benzene rings is 2. The molecule has 0 bridgehead atoms. The number of rotatable bonds is 8. The molecule has 0 amide bonds. The highest BCUT2D eigenvalue weighted by atomic mass is 79.9. The quantitative estimate of drug-likeness (QED) is 0.428. The molecule has 0 radical (unpaired) electrons. The molecule has 1 heterocycles. The van der Waals surface area contributed by atoms with Crippen LogP contribution in [-0.2, 0) is 0 Å². The number of ether oxygens (including phenoxy) is 1. The van der Waals surface area contributed by atoms with Crippen molar-refractivity contribution in [1.82, 2.24) is 10.6 Å². The minimum atomic E-state index is 0.618. The van der Waals surface area contributed by atoms with Gasteiger partial charge in [0.05, 0.1) is 0 Å². The molecule has 3 rings (SSSR count). The van der Waals surface area contributed by atoms with Gasteiger partial charge in [-0.2, -0.15) is 0 Å². The van der Waals surface area contributed by atoms with Crippen LogP contribution < -0.4 is 15.4 Å². The van der Waals surface area contributed by atoms with Crippen molar-refractivity contribution < 1.29 is 4.74 Å². The lowest BCUT2D eigenvalue weighted by molar-refractivity contribution is 0.289. The summed E-state index contributed by atoms with van der Waals surface area (Å²) in [5.41, 5.74) is 1.98. The summed E-state index contributed by atoms with van der Waals surface area (Å²) in [6.45, 7) is 4.70. The third-order valence-corrected chi connectivity index (χ3v) is 5.37. The van der Waals surface area contributed by atoms with Crippen molar-refractivity contribution in [2.75, 3.05) is 32.8 Å². The summed E-state index contributed by atoms with van der Waals surface area (Å²) in [5.74, 6) is 1.57. The van der Waals surface area contributed by atoms with Crippen molar-refractivity contribution in [2.24, 2.45) is 5.92 Å². The number of nitrogens with one attached hydrogen (secondary N) is 2. The highest BCUT2D eigenvalue weighted by Gasteiger charge is 2.15. The van der Waals surface area contributed by atoms with Gasteiger partial charge in [-0.1, -0.05) is 57.4 Å². The Kier molecular flexibility index (Phi) is 7.41. The Morgan fingerprint density at radius 2 is 1.81 bits per heavy atom. The molecule has 1 aliphatic rings. The second-order valence-corrected chi connectivity index (χ2v) is 7.99. The predicted molar refractivity (Wildman–Crippen MR) is 114 cm³/mol. The van der Waals surface area contributed by atoms with E-state index in [2.05, 4.69) is 26.6 Å². The summed E-state index contributed by atoms with van der Waals surface area (Å²) in [5, 5.41) is 8.09. The van der Waals surface area contributed by atoms with Gasteiger partial charge in [-0.25, -0.2) is 0 Å². The molecule has 6 heteroatoms. The highest BCUT2D eigenvalue weighted by Crippen LogP contribution is 2.27. The molecule has 1 aliphatic heterocycles. The molecule has 0 atom stereocenters. The van der Waals surface area contributed by atoms with Crippen molar-refractivity contribution in [1.29, 1.82) is 0 Å². The first-order valence-corrected chi connectivity index (χ1v) is 10.1. The molecule has 0 unspecified atom stereocenters. The molecule has 2 aromatic rings. The zero-order valence-corrected chi connectivity index (χ0v) is 17.4. The van der Waals surface area contributed by atoms with Crippen LogP contribution in [0.2, 0.25) is 10.0 Å². The first-order valence-electron chi connectivity index (χ1n) is 8.59. The Labute approximate surface area is 172 Å². The molecule has 0 saturated carbocycles. The van der Waals surface area contributed by atoms with Gasteiger partial charge in [0, 0.05) is 46.3 Å². The third-order valence-electron chi connectivity index (χ3n) is 4.21. The van der Waals surface area contributed by atoms with Crippen LogP contribution >= 0.6 is 39.1 Å². The van der Waals surface area contributed by atoms with E-state index in [9.17, 15) is 0 Å². The first-order chi connectivity index (χ1) is 12.6. The van der Waals surface area contributed by atoms with E-state index in [0.29, 0.717) is 16.7 Å². The van der Waals surface area contributed by atoms with Gasteiger partial charge in [-0.05, 0) is 41.8 Å². The molecular formula is C20H21BrCl2N2O. The van der Waals surface area contributed by atoms with Gasteiger partial charge in [0.1, 0.15) is 12.4 Å². The summed E-state index contributed by atoms with van der Waals surface area (Å²) < 4.78 is 6.89. The highest BCUT2D eigenvalue weighted by molar-refractivity contribution is 9.10. The fraction of sp³-hybridized carbons (Fsp3) is 0.300. The van der Waals surface area contributed by atoms with Crippen LogP contribution in [0.4, 0.5) is 0 Å². The first kappa shape index (κ1) is 19.7. The minimum Gasteiger partial charge on any atom is -0.492 e. The van der Waals surface area contributed by atoms with Crippen LogP contribution in [-0.4, -0.2) is 32.8 Å². The van der Waals surface area contributed by atoms with Crippen molar-refractivity contribution >= 4 is 51.3 Å². The summed E-state index contributed by atoms with van der Waals surface area (Å²) in [4.78, 5) is 0. The molecule has 1 fully saturated rings. The fourth-order valence-electron chi connectivity index (χ4n) is 2.63. The van der Waals surface area contributed by atoms with Crippen molar-refractivity contribution in [3.05, 3.63) is 62.0 Å². The molecule has 1 saturated heterocycles. The average molecular weight is 456 g/mol. The molecule has 2 N–H and O–H groups in total. The van der Waals surface area contributed by atoms with Crippen LogP contribution in [0.1, 0.15) is 11.1 Å². The van der Waals surface area contributed by atoms with Crippen LogP contribution in [0.3, 0.4) is 0 Å². The Morgan fingerprint density at radius 3 is 2.54 bits per heavy atom. The lowest BCUT2D eigenvalue weighted by atomic mass is 10.0. The van der Waals surface area contributed by atoms with Crippen molar-refractivity contribution in [3.63, 3.8) is 0 Å². The normalized spacial score (nSPS) is 14.6. The van der Waals surface area contributed by atoms with E-state index in [1.165, 1.54) is 0 Å². The van der Waals surface area contributed by atoms with Crippen molar-refractivity contribution in [3.8, 4) is 5.75 Å². The number of halogens is 3. The van der Waals surface area contributed by atoms with E-state index in [4.69, 9.17) is 27.9 Å². The maximum absolute atomic E-state index is 6.16. The summed E-state index contributed by atoms with van der Waals surface area (Å²) in [6.07, 6.45) is 4.02. The van der Waals surface area contributed by atoms with E-state index >= 15 is 0 Å². The molecule has 26 heavy (non-hydrogen) atoms. The lowest BCUT2D eigenvalue weighted by Gasteiger charge is -2.27. The molecule has 138 valence electrons. The molecular weight excluding hydrogens is 435 g/mol.